The van der Waals surface area contributed by atoms with Crippen LogP contribution < -0.4 is 16.7 Å². The van der Waals surface area contributed by atoms with Crippen LogP contribution in [0.3, 0.4) is 0 Å². The van der Waals surface area contributed by atoms with Crippen molar-refractivity contribution in [1.82, 2.24) is 10.9 Å². The van der Waals surface area contributed by atoms with Gasteiger partial charge in [-0.25, -0.2) is 11.3 Å². The molecule has 0 aliphatic carbocycles. The second kappa shape index (κ2) is 2.44. The van der Waals surface area contributed by atoms with E-state index in [0.717, 1.165) is 0 Å². The summed E-state index contributed by atoms with van der Waals surface area (Å²) in [5.41, 5.74) is 3.95. The largest absolute Gasteiger partial charge is 0.293 e. The van der Waals surface area contributed by atoms with E-state index in [1.54, 1.807) is 0 Å². The Morgan fingerprint density at radius 1 is 1.90 bits per heavy atom. The van der Waals surface area contributed by atoms with E-state index in [-0.39, 0.29) is 0 Å². The summed E-state index contributed by atoms with van der Waals surface area (Å²) in [4.78, 5) is 21.3. The number of hydrazine groups is 1. The molecule has 1 aliphatic heterocycles. The maximum absolute atomic E-state index is 10.6. The van der Waals surface area contributed by atoms with Crippen molar-refractivity contribution in [2.24, 2.45) is 16.9 Å². The van der Waals surface area contributed by atoms with Crippen molar-refractivity contribution in [3.63, 3.8) is 0 Å². The molecule has 6 nitrogen and oxygen atoms in total. The molecule has 1 rings (SSSR count). The highest BCUT2D eigenvalue weighted by atomic mass is 16.2. The summed E-state index contributed by atoms with van der Waals surface area (Å²) in [7, 11) is 0. The first-order chi connectivity index (χ1) is 4.75. The fraction of sp³-hybridized carbons (Fsp3) is 0.250. The molecular weight excluding hydrogens is 136 g/mol. The number of carbonyl (C=O) groups excluding carboxylic acids is 2. The van der Waals surface area contributed by atoms with E-state index >= 15 is 0 Å². The maximum Gasteiger partial charge on any atom is 0.258 e. The Bertz CT molecular complexity index is 199. The van der Waals surface area contributed by atoms with Crippen molar-refractivity contribution in [2.75, 3.05) is 0 Å². The minimum atomic E-state index is -0.870. The Hall–Kier alpha value is -1.43. The van der Waals surface area contributed by atoms with Crippen LogP contribution in [0.15, 0.2) is 5.10 Å². The lowest BCUT2D eigenvalue weighted by atomic mass is 10.1. The molecule has 0 saturated heterocycles. The zero-order valence-corrected chi connectivity index (χ0v) is 5.00. The lowest BCUT2D eigenvalue weighted by molar-refractivity contribution is -0.131. The summed E-state index contributed by atoms with van der Waals surface area (Å²) >= 11 is 0. The molecule has 1 aliphatic rings. The fourth-order valence-corrected chi connectivity index (χ4v) is 0.589. The molecule has 0 saturated carbocycles. The van der Waals surface area contributed by atoms with Gasteiger partial charge >= 0.3 is 0 Å². The van der Waals surface area contributed by atoms with Crippen LogP contribution in [0.1, 0.15) is 0 Å². The number of amides is 2. The van der Waals surface area contributed by atoms with Crippen molar-refractivity contribution >= 4 is 18.0 Å². The third-order valence-corrected chi connectivity index (χ3v) is 1.11. The zero-order chi connectivity index (χ0) is 7.56. The van der Waals surface area contributed by atoms with Gasteiger partial charge in [-0.1, -0.05) is 0 Å². The first-order valence-corrected chi connectivity index (χ1v) is 2.59. The van der Waals surface area contributed by atoms with Crippen molar-refractivity contribution < 1.29 is 9.59 Å². The third-order valence-electron chi connectivity index (χ3n) is 1.11. The highest BCUT2D eigenvalue weighted by molar-refractivity contribution is 6.14. The Morgan fingerprint density at radius 3 is 3.00 bits per heavy atom. The van der Waals surface area contributed by atoms with Gasteiger partial charge in [-0.3, -0.25) is 15.0 Å². The van der Waals surface area contributed by atoms with Gasteiger partial charge in [0.15, 0.2) is 5.92 Å². The molecule has 10 heavy (non-hydrogen) atoms. The second-order valence-corrected chi connectivity index (χ2v) is 1.74. The molecule has 6 heteroatoms. The molecule has 0 spiro atoms. The molecule has 4 N–H and O–H groups in total. The summed E-state index contributed by atoms with van der Waals surface area (Å²) in [6.45, 7) is 0. The van der Waals surface area contributed by atoms with Gasteiger partial charge in [-0.05, 0) is 0 Å². The van der Waals surface area contributed by atoms with E-state index < -0.39 is 17.7 Å². The number of carbonyl (C=O) groups is 2. The predicted molar refractivity (Wildman–Crippen MR) is 32.5 cm³/mol. The number of nitrogens with two attached hydrogens (primary N) is 1. The summed E-state index contributed by atoms with van der Waals surface area (Å²) in [6, 6.07) is 0. The summed E-state index contributed by atoms with van der Waals surface area (Å²) < 4.78 is 0. The Labute approximate surface area is 56.4 Å². The van der Waals surface area contributed by atoms with Gasteiger partial charge in [0.1, 0.15) is 0 Å². The third kappa shape index (κ3) is 0.960. The molecule has 0 bridgehead atoms. The molecule has 0 aromatic heterocycles. The quantitative estimate of drug-likeness (QED) is 0.166. The molecule has 0 unspecified atom stereocenters. The molecular formula is C4H6N4O2. The normalized spacial score (nSPS) is 22.5. The Balaban J connectivity index is 2.64. The lowest BCUT2D eigenvalue weighted by Gasteiger charge is -1.99. The summed E-state index contributed by atoms with van der Waals surface area (Å²) in [5, 5.41) is 3.37. The number of nitrogens with zero attached hydrogens (tertiary/aromatic N) is 1. The fourth-order valence-electron chi connectivity index (χ4n) is 0.589. The van der Waals surface area contributed by atoms with E-state index in [1.165, 1.54) is 6.21 Å². The first-order valence-electron chi connectivity index (χ1n) is 2.59. The van der Waals surface area contributed by atoms with E-state index in [1.807, 2.05) is 5.43 Å². The van der Waals surface area contributed by atoms with Crippen LogP contribution in [-0.2, 0) is 9.59 Å². The molecule has 0 aromatic rings. The van der Waals surface area contributed by atoms with Gasteiger partial charge in [-0.15, -0.1) is 0 Å². The van der Waals surface area contributed by atoms with Gasteiger partial charge in [0.05, 0.1) is 0 Å². The summed E-state index contributed by atoms with van der Waals surface area (Å²) in [6.07, 6.45) is 1.20. The molecule has 0 aromatic carbocycles. The Kier molecular flexibility index (Phi) is 1.63. The average Bonchev–Trinajstić information content (AvgIpc) is 2.34. The van der Waals surface area contributed by atoms with Gasteiger partial charge < -0.3 is 0 Å². The smallest absolute Gasteiger partial charge is 0.258 e. The van der Waals surface area contributed by atoms with Crippen LogP contribution in [-0.4, -0.2) is 18.0 Å². The number of hydrogen-bond donors (Lipinski definition) is 3. The van der Waals surface area contributed by atoms with E-state index in [4.69, 9.17) is 5.84 Å². The predicted octanol–water partition coefficient (Wildman–Crippen LogP) is -2.29. The topological polar surface area (TPSA) is 96.6 Å². The van der Waals surface area contributed by atoms with Crippen molar-refractivity contribution in [2.45, 2.75) is 0 Å². The van der Waals surface area contributed by atoms with Crippen LogP contribution in [0, 0.1) is 5.92 Å². The van der Waals surface area contributed by atoms with Crippen molar-refractivity contribution in [3.05, 3.63) is 0 Å². The highest BCUT2D eigenvalue weighted by Gasteiger charge is 2.27. The van der Waals surface area contributed by atoms with E-state index in [9.17, 15) is 9.59 Å². The van der Waals surface area contributed by atoms with E-state index in [2.05, 4.69) is 10.5 Å². The van der Waals surface area contributed by atoms with Crippen LogP contribution in [0.25, 0.3) is 0 Å². The minimum Gasteiger partial charge on any atom is -0.293 e. The SMILES string of the molecule is NNC(=O)[C@@H]1C=NNC1=O. The number of hydrogen-bond acceptors (Lipinski definition) is 4. The lowest BCUT2D eigenvalue weighted by Crippen LogP contribution is -2.40. The molecule has 54 valence electrons. The van der Waals surface area contributed by atoms with E-state index in [0.29, 0.717) is 0 Å². The summed E-state index contributed by atoms with van der Waals surface area (Å²) in [5.74, 6) is 2.89. The van der Waals surface area contributed by atoms with Gasteiger partial charge in [0, 0.05) is 6.21 Å². The monoisotopic (exact) mass is 142 g/mol. The molecule has 0 fully saturated rings. The van der Waals surface area contributed by atoms with Crippen molar-refractivity contribution in [3.8, 4) is 0 Å². The molecule has 1 atom stereocenters. The standard InChI is InChI=1S/C4H6N4O2/c5-7-3(9)2-1-6-8-4(2)10/h1-2H,5H2,(H,7,9)(H,8,10)/t2-/m0/s1. The van der Waals surface area contributed by atoms with Crippen LogP contribution in [0.2, 0.25) is 0 Å². The minimum absolute atomic E-state index is 0.456. The molecule has 2 amide bonds. The molecule has 1 heterocycles. The first kappa shape index (κ1) is 6.69. The molecule has 0 radical (unpaired) electrons. The number of nitrogens with one attached hydrogen (secondary N) is 2. The number of rotatable bonds is 1. The zero-order valence-electron chi connectivity index (χ0n) is 5.00. The second-order valence-electron chi connectivity index (χ2n) is 1.74. The average molecular weight is 142 g/mol. The maximum atomic E-state index is 10.6. The highest BCUT2D eigenvalue weighted by Crippen LogP contribution is 1.97. The van der Waals surface area contributed by atoms with Gasteiger partial charge in [0.25, 0.3) is 11.8 Å². The van der Waals surface area contributed by atoms with Crippen LogP contribution in [0.5, 0.6) is 0 Å². The van der Waals surface area contributed by atoms with Gasteiger partial charge in [0.2, 0.25) is 0 Å². The van der Waals surface area contributed by atoms with Gasteiger partial charge in [-0.2, -0.15) is 5.10 Å². The number of hydrazone groups is 1. The Morgan fingerprint density at radius 2 is 2.60 bits per heavy atom. The van der Waals surface area contributed by atoms with Crippen LogP contribution in [0.4, 0.5) is 0 Å². The van der Waals surface area contributed by atoms with Crippen LogP contribution >= 0.6 is 0 Å². The van der Waals surface area contributed by atoms with Crippen molar-refractivity contribution in [1.29, 1.82) is 0 Å².